The Morgan fingerprint density at radius 3 is 2.74 bits per heavy atom. The van der Waals surface area contributed by atoms with Crippen LogP contribution in [0.5, 0.6) is 0 Å². The maximum absolute atomic E-state index is 12.3. The van der Waals surface area contributed by atoms with E-state index >= 15 is 0 Å². The highest BCUT2D eigenvalue weighted by atomic mass is 16.2. The zero-order valence-electron chi connectivity index (χ0n) is 13.4. The Morgan fingerprint density at radius 2 is 2.00 bits per heavy atom. The van der Waals surface area contributed by atoms with Gasteiger partial charge in [0.25, 0.3) is 5.91 Å². The van der Waals surface area contributed by atoms with Gasteiger partial charge in [0.1, 0.15) is 0 Å². The lowest BCUT2D eigenvalue weighted by atomic mass is 10.0. The number of hydrogen-bond acceptors (Lipinski definition) is 2. The van der Waals surface area contributed by atoms with Crippen molar-refractivity contribution in [3.05, 3.63) is 59.2 Å². The van der Waals surface area contributed by atoms with E-state index in [0.29, 0.717) is 18.5 Å². The monoisotopic (exact) mass is 308 g/mol. The second kappa shape index (κ2) is 6.24. The largest absolute Gasteiger partial charge is 0.322 e. The fraction of sp³-hybridized carbons (Fsp3) is 0.263. The van der Waals surface area contributed by atoms with E-state index in [-0.39, 0.29) is 11.8 Å². The van der Waals surface area contributed by atoms with Crippen LogP contribution in [0.1, 0.15) is 34.8 Å². The molecule has 0 bridgehead atoms. The number of nitrogens with zero attached hydrogens (tertiary/aromatic N) is 1. The number of carbonyl (C=O) groups excluding carboxylic acids is 2. The van der Waals surface area contributed by atoms with Gasteiger partial charge in [-0.25, -0.2) is 0 Å². The molecule has 4 heteroatoms. The average molecular weight is 308 g/mol. The Morgan fingerprint density at radius 1 is 1.17 bits per heavy atom. The van der Waals surface area contributed by atoms with Gasteiger partial charge in [-0.2, -0.15) is 0 Å². The molecule has 1 aliphatic heterocycles. The zero-order valence-corrected chi connectivity index (χ0v) is 13.4. The minimum atomic E-state index is -0.118. The van der Waals surface area contributed by atoms with Gasteiger partial charge in [0.2, 0.25) is 5.91 Å². The Balaban J connectivity index is 1.82. The number of amides is 2. The predicted molar refractivity (Wildman–Crippen MR) is 91.9 cm³/mol. The second-order valence-electron chi connectivity index (χ2n) is 5.81. The highest BCUT2D eigenvalue weighted by Crippen LogP contribution is 2.30. The summed E-state index contributed by atoms with van der Waals surface area (Å²) < 4.78 is 0. The standard InChI is InChI=1S/C19H20N2O2/c1-3-21-17-9-8-16(12-14(17)7-10-18(21)22)20-19(23)15-6-4-5-13(2)11-15/h4-6,8-9,11-12H,3,7,10H2,1-2H3,(H,20,23). The number of nitrogens with one attached hydrogen (secondary N) is 1. The summed E-state index contributed by atoms with van der Waals surface area (Å²) in [7, 11) is 0. The maximum Gasteiger partial charge on any atom is 0.255 e. The molecule has 0 radical (unpaired) electrons. The molecule has 2 amide bonds. The number of rotatable bonds is 3. The van der Waals surface area contributed by atoms with Crippen LogP contribution in [0, 0.1) is 6.92 Å². The van der Waals surface area contributed by atoms with Crippen LogP contribution < -0.4 is 10.2 Å². The van der Waals surface area contributed by atoms with Crippen LogP contribution in [-0.2, 0) is 11.2 Å². The normalized spacial score (nSPS) is 13.7. The van der Waals surface area contributed by atoms with Gasteiger partial charge >= 0.3 is 0 Å². The van der Waals surface area contributed by atoms with Crippen molar-refractivity contribution in [1.82, 2.24) is 0 Å². The molecular formula is C19H20N2O2. The van der Waals surface area contributed by atoms with E-state index in [4.69, 9.17) is 0 Å². The lowest BCUT2D eigenvalue weighted by Gasteiger charge is -2.28. The van der Waals surface area contributed by atoms with Gasteiger partial charge in [-0.1, -0.05) is 17.7 Å². The van der Waals surface area contributed by atoms with Crippen molar-refractivity contribution in [1.29, 1.82) is 0 Å². The van der Waals surface area contributed by atoms with E-state index in [1.165, 1.54) is 0 Å². The maximum atomic E-state index is 12.3. The van der Waals surface area contributed by atoms with Crippen LogP contribution in [0.15, 0.2) is 42.5 Å². The first-order valence-electron chi connectivity index (χ1n) is 7.90. The number of aryl methyl sites for hydroxylation is 2. The summed E-state index contributed by atoms with van der Waals surface area (Å²) in [5.74, 6) is 0.0458. The van der Waals surface area contributed by atoms with Gasteiger partial charge in [0.05, 0.1) is 0 Å². The number of benzene rings is 2. The van der Waals surface area contributed by atoms with Crippen molar-refractivity contribution >= 4 is 23.2 Å². The van der Waals surface area contributed by atoms with Crippen molar-refractivity contribution in [2.45, 2.75) is 26.7 Å². The number of carbonyl (C=O) groups is 2. The molecule has 118 valence electrons. The number of anilines is 2. The van der Waals surface area contributed by atoms with E-state index < -0.39 is 0 Å². The molecule has 0 unspecified atom stereocenters. The van der Waals surface area contributed by atoms with E-state index in [1.54, 1.807) is 11.0 Å². The molecule has 0 saturated carbocycles. The van der Waals surface area contributed by atoms with Gasteiger partial charge < -0.3 is 10.2 Å². The van der Waals surface area contributed by atoms with E-state index in [9.17, 15) is 9.59 Å². The van der Waals surface area contributed by atoms with Crippen LogP contribution in [0.25, 0.3) is 0 Å². The Bertz CT molecular complexity index is 768. The highest BCUT2D eigenvalue weighted by Gasteiger charge is 2.23. The summed E-state index contributed by atoms with van der Waals surface area (Å²) in [5.41, 5.74) is 4.53. The average Bonchev–Trinajstić information content (AvgIpc) is 2.55. The SMILES string of the molecule is CCN1C(=O)CCc2cc(NC(=O)c3cccc(C)c3)ccc21. The molecule has 2 aromatic carbocycles. The highest BCUT2D eigenvalue weighted by molar-refractivity contribution is 6.05. The third-order valence-electron chi connectivity index (χ3n) is 4.13. The van der Waals surface area contributed by atoms with Crippen LogP contribution in [-0.4, -0.2) is 18.4 Å². The summed E-state index contributed by atoms with van der Waals surface area (Å²) in [4.78, 5) is 26.1. The van der Waals surface area contributed by atoms with E-state index in [0.717, 1.165) is 28.9 Å². The third kappa shape index (κ3) is 3.11. The second-order valence-corrected chi connectivity index (χ2v) is 5.81. The quantitative estimate of drug-likeness (QED) is 0.942. The van der Waals surface area contributed by atoms with Crippen LogP contribution in [0.4, 0.5) is 11.4 Å². The summed E-state index contributed by atoms with van der Waals surface area (Å²) in [6.45, 7) is 4.60. The molecule has 0 aromatic heterocycles. The first-order chi connectivity index (χ1) is 11.1. The van der Waals surface area contributed by atoms with Crippen molar-refractivity contribution in [3.63, 3.8) is 0 Å². The molecule has 0 aliphatic carbocycles. The Hall–Kier alpha value is -2.62. The lowest BCUT2D eigenvalue weighted by molar-refractivity contribution is -0.118. The van der Waals surface area contributed by atoms with Crippen LogP contribution in [0.2, 0.25) is 0 Å². The smallest absolute Gasteiger partial charge is 0.255 e. The van der Waals surface area contributed by atoms with Gasteiger partial charge in [0.15, 0.2) is 0 Å². The van der Waals surface area contributed by atoms with E-state index in [1.807, 2.05) is 50.2 Å². The first-order valence-corrected chi connectivity index (χ1v) is 7.90. The summed E-state index contributed by atoms with van der Waals surface area (Å²) >= 11 is 0. The van der Waals surface area contributed by atoms with Crippen molar-refractivity contribution in [2.75, 3.05) is 16.8 Å². The fourth-order valence-electron chi connectivity index (χ4n) is 2.97. The summed E-state index contributed by atoms with van der Waals surface area (Å²) in [6, 6.07) is 13.3. The minimum Gasteiger partial charge on any atom is -0.322 e. The van der Waals surface area contributed by atoms with Gasteiger partial charge in [0, 0.05) is 29.9 Å². The molecule has 0 atom stereocenters. The summed E-state index contributed by atoms with van der Waals surface area (Å²) in [5, 5.41) is 2.94. The molecule has 1 aliphatic rings. The lowest BCUT2D eigenvalue weighted by Crippen LogP contribution is -2.34. The van der Waals surface area contributed by atoms with Gasteiger partial charge in [-0.05, 0) is 56.2 Å². The molecule has 4 nitrogen and oxygen atoms in total. The molecule has 0 spiro atoms. The van der Waals surface area contributed by atoms with Gasteiger partial charge in [-0.3, -0.25) is 9.59 Å². The van der Waals surface area contributed by atoms with Gasteiger partial charge in [-0.15, -0.1) is 0 Å². The van der Waals surface area contributed by atoms with Crippen molar-refractivity contribution < 1.29 is 9.59 Å². The molecule has 1 N–H and O–H groups in total. The van der Waals surface area contributed by atoms with Crippen LogP contribution in [0.3, 0.4) is 0 Å². The molecule has 1 heterocycles. The number of fused-ring (bicyclic) bond motifs is 1. The predicted octanol–water partition coefficient (Wildman–Crippen LogP) is 3.55. The van der Waals surface area contributed by atoms with Crippen LogP contribution >= 0.6 is 0 Å². The minimum absolute atomic E-state index is 0.118. The zero-order chi connectivity index (χ0) is 16.4. The fourth-order valence-corrected chi connectivity index (χ4v) is 2.97. The van der Waals surface area contributed by atoms with E-state index in [2.05, 4.69) is 5.32 Å². The van der Waals surface area contributed by atoms with Crippen molar-refractivity contribution in [3.8, 4) is 0 Å². The topological polar surface area (TPSA) is 49.4 Å². The Kier molecular flexibility index (Phi) is 4.15. The molecular weight excluding hydrogens is 288 g/mol. The molecule has 0 saturated heterocycles. The molecule has 3 rings (SSSR count). The summed E-state index contributed by atoms with van der Waals surface area (Å²) in [6.07, 6.45) is 1.24. The number of hydrogen-bond donors (Lipinski definition) is 1. The first kappa shape index (κ1) is 15.3. The Labute approximate surface area is 136 Å². The van der Waals surface area contributed by atoms with Crippen molar-refractivity contribution in [2.24, 2.45) is 0 Å². The molecule has 2 aromatic rings. The molecule has 0 fully saturated rings. The molecule has 23 heavy (non-hydrogen) atoms. The third-order valence-corrected chi connectivity index (χ3v) is 4.13.